The highest BCUT2D eigenvalue weighted by molar-refractivity contribution is 6.07. The fourth-order valence-corrected chi connectivity index (χ4v) is 5.28. The third-order valence-corrected chi connectivity index (χ3v) is 6.74. The molecule has 1 aromatic rings. The Labute approximate surface area is 156 Å². The second-order valence-corrected chi connectivity index (χ2v) is 8.35. The second kappa shape index (κ2) is 7.05. The van der Waals surface area contributed by atoms with Gasteiger partial charge in [0, 0.05) is 12.1 Å². The minimum absolute atomic E-state index is 0.00817. The third-order valence-electron chi connectivity index (χ3n) is 6.74. The van der Waals surface area contributed by atoms with Gasteiger partial charge in [0.1, 0.15) is 5.54 Å². The molecule has 0 N–H and O–H groups in total. The van der Waals surface area contributed by atoms with Crippen LogP contribution in [-0.2, 0) is 10.3 Å². The molecule has 0 radical (unpaired) electrons. The highest BCUT2D eigenvalue weighted by atomic mass is 16.2. The number of carbonyl (C=O) groups is 2. The monoisotopic (exact) mass is 354 g/mol. The molecule has 1 heterocycles. The zero-order chi connectivity index (χ0) is 18.1. The lowest BCUT2D eigenvalue weighted by atomic mass is 9.85. The normalized spacial score (nSPS) is 28.8. The Hall–Kier alpha value is -1.84. The van der Waals surface area contributed by atoms with E-state index in [9.17, 15) is 9.59 Å². The number of hydrogen-bond acceptors (Lipinski definition) is 2. The van der Waals surface area contributed by atoms with Gasteiger partial charge in [0.2, 0.25) is 0 Å². The maximum Gasteiger partial charge on any atom is 0.328 e. The van der Waals surface area contributed by atoms with Crippen molar-refractivity contribution in [2.75, 3.05) is 0 Å². The van der Waals surface area contributed by atoms with E-state index in [2.05, 4.69) is 0 Å². The summed E-state index contributed by atoms with van der Waals surface area (Å²) in [5.41, 5.74) is 0.0832. The van der Waals surface area contributed by atoms with Gasteiger partial charge in [-0.3, -0.25) is 9.69 Å². The molecule has 4 nitrogen and oxygen atoms in total. The van der Waals surface area contributed by atoms with Gasteiger partial charge in [-0.15, -0.1) is 0 Å². The van der Waals surface area contributed by atoms with E-state index in [1.165, 1.54) is 12.8 Å². The summed E-state index contributed by atoms with van der Waals surface area (Å²) in [6.45, 7) is 1.97. The fraction of sp³-hybridized carbons (Fsp3) is 0.636. The van der Waals surface area contributed by atoms with Gasteiger partial charge in [0.25, 0.3) is 5.91 Å². The van der Waals surface area contributed by atoms with Gasteiger partial charge < -0.3 is 4.90 Å². The number of amides is 3. The Morgan fingerprint density at radius 2 is 1.35 bits per heavy atom. The molecule has 4 rings (SSSR count). The molecule has 0 aromatic heterocycles. The van der Waals surface area contributed by atoms with Gasteiger partial charge in [-0.1, -0.05) is 68.9 Å². The van der Waals surface area contributed by atoms with E-state index >= 15 is 0 Å². The fourth-order valence-electron chi connectivity index (χ4n) is 5.28. The summed E-state index contributed by atoms with van der Waals surface area (Å²) in [5, 5.41) is 0. The van der Waals surface area contributed by atoms with E-state index in [-0.39, 0.29) is 24.0 Å². The summed E-state index contributed by atoms with van der Waals surface area (Å²) >= 11 is 0. The van der Waals surface area contributed by atoms with Crippen LogP contribution in [0.5, 0.6) is 0 Å². The first kappa shape index (κ1) is 17.6. The quantitative estimate of drug-likeness (QED) is 0.729. The van der Waals surface area contributed by atoms with Crippen molar-refractivity contribution in [3.63, 3.8) is 0 Å². The Morgan fingerprint density at radius 3 is 1.92 bits per heavy atom. The average Bonchev–Trinajstić information content (AvgIpc) is 2.90. The lowest BCUT2D eigenvalue weighted by molar-refractivity contribution is -0.135. The molecule has 1 saturated heterocycles. The summed E-state index contributed by atoms with van der Waals surface area (Å²) in [4.78, 5) is 30.8. The summed E-state index contributed by atoms with van der Waals surface area (Å²) < 4.78 is 0. The van der Waals surface area contributed by atoms with Gasteiger partial charge in [0.15, 0.2) is 0 Å². The number of nitrogens with zero attached hydrogens (tertiary/aromatic N) is 2. The molecule has 140 valence electrons. The number of imide groups is 1. The zero-order valence-electron chi connectivity index (χ0n) is 15.8. The highest BCUT2D eigenvalue weighted by Crippen LogP contribution is 2.43. The van der Waals surface area contributed by atoms with E-state index in [0.717, 1.165) is 56.9 Å². The standard InChI is InChI=1S/C22H30N2O2/c1-22(17-11-5-2-6-12-17)20(25)23(18-13-7-3-8-14-18)21(26)24(22)19-15-9-4-10-16-19/h2,5-6,11-12,18-19H,3-4,7-10,13-16H2,1H3. The molecule has 1 aliphatic heterocycles. The molecule has 0 bridgehead atoms. The first-order valence-electron chi connectivity index (χ1n) is 10.4. The van der Waals surface area contributed by atoms with Crippen LogP contribution in [0.3, 0.4) is 0 Å². The summed E-state index contributed by atoms with van der Waals surface area (Å²) in [5.74, 6) is -0.00817. The van der Waals surface area contributed by atoms with Gasteiger partial charge in [0.05, 0.1) is 0 Å². The van der Waals surface area contributed by atoms with Gasteiger partial charge in [-0.25, -0.2) is 4.79 Å². The van der Waals surface area contributed by atoms with Crippen LogP contribution in [0.15, 0.2) is 30.3 Å². The Morgan fingerprint density at radius 1 is 0.808 bits per heavy atom. The van der Waals surface area contributed by atoms with Crippen molar-refractivity contribution >= 4 is 11.9 Å². The molecule has 1 atom stereocenters. The first-order chi connectivity index (χ1) is 12.6. The molecule has 2 aliphatic carbocycles. The van der Waals surface area contributed by atoms with E-state index < -0.39 is 5.54 Å². The molecule has 1 unspecified atom stereocenters. The maximum absolute atomic E-state index is 13.7. The molecule has 2 saturated carbocycles. The van der Waals surface area contributed by atoms with Crippen molar-refractivity contribution in [1.29, 1.82) is 0 Å². The van der Waals surface area contributed by atoms with Crippen LogP contribution in [0.4, 0.5) is 4.79 Å². The van der Waals surface area contributed by atoms with Crippen LogP contribution < -0.4 is 0 Å². The highest BCUT2D eigenvalue weighted by Gasteiger charge is 2.58. The van der Waals surface area contributed by atoms with Crippen molar-refractivity contribution in [2.45, 2.75) is 88.8 Å². The number of benzene rings is 1. The SMILES string of the molecule is CC1(c2ccccc2)C(=O)N(C2CCCCC2)C(=O)N1C1CCCCC1. The second-order valence-electron chi connectivity index (χ2n) is 8.35. The molecule has 26 heavy (non-hydrogen) atoms. The van der Waals surface area contributed by atoms with Crippen LogP contribution in [0, 0.1) is 0 Å². The number of carbonyl (C=O) groups excluding carboxylic acids is 2. The molecule has 3 fully saturated rings. The van der Waals surface area contributed by atoms with Crippen LogP contribution in [0.2, 0.25) is 0 Å². The van der Waals surface area contributed by atoms with E-state index in [1.54, 1.807) is 4.90 Å². The number of urea groups is 1. The summed E-state index contributed by atoms with van der Waals surface area (Å²) in [7, 11) is 0. The van der Waals surface area contributed by atoms with E-state index in [0.29, 0.717) is 0 Å². The molecule has 3 amide bonds. The van der Waals surface area contributed by atoms with E-state index in [4.69, 9.17) is 0 Å². The predicted molar refractivity (Wildman–Crippen MR) is 102 cm³/mol. The third kappa shape index (κ3) is 2.74. The van der Waals surface area contributed by atoms with Crippen LogP contribution in [-0.4, -0.2) is 33.8 Å². The van der Waals surface area contributed by atoms with Crippen molar-refractivity contribution in [2.24, 2.45) is 0 Å². The van der Waals surface area contributed by atoms with Crippen molar-refractivity contribution in [3.05, 3.63) is 35.9 Å². The Bertz CT molecular complexity index is 662. The minimum Gasteiger partial charge on any atom is -0.303 e. The average molecular weight is 354 g/mol. The maximum atomic E-state index is 13.7. The topological polar surface area (TPSA) is 40.6 Å². The lowest BCUT2D eigenvalue weighted by Crippen LogP contribution is -2.50. The summed E-state index contributed by atoms with van der Waals surface area (Å²) in [6, 6.07) is 10.1. The smallest absolute Gasteiger partial charge is 0.303 e. The number of hydrogen-bond donors (Lipinski definition) is 0. The first-order valence-corrected chi connectivity index (χ1v) is 10.4. The molecular weight excluding hydrogens is 324 g/mol. The van der Waals surface area contributed by atoms with Crippen molar-refractivity contribution < 1.29 is 9.59 Å². The van der Waals surface area contributed by atoms with E-state index in [1.807, 2.05) is 42.2 Å². The van der Waals surface area contributed by atoms with Crippen LogP contribution in [0.1, 0.15) is 76.7 Å². The Balaban J connectivity index is 1.75. The molecule has 0 spiro atoms. The lowest BCUT2D eigenvalue weighted by Gasteiger charge is -2.40. The largest absolute Gasteiger partial charge is 0.328 e. The van der Waals surface area contributed by atoms with Crippen LogP contribution in [0.25, 0.3) is 0 Å². The number of rotatable bonds is 3. The molecular formula is C22H30N2O2. The molecule has 1 aromatic carbocycles. The predicted octanol–water partition coefficient (Wildman–Crippen LogP) is 4.83. The van der Waals surface area contributed by atoms with Crippen molar-refractivity contribution in [1.82, 2.24) is 9.80 Å². The summed E-state index contributed by atoms with van der Waals surface area (Å²) in [6.07, 6.45) is 10.9. The zero-order valence-corrected chi connectivity index (χ0v) is 15.8. The minimum atomic E-state index is -0.863. The van der Waals surface area contributed by atoms with Crippen LogP contribution >= 0.6 is 0 Å². The Kier molecular flexibility index (Phi) is 4.76. The van der Waals surface area contributed by atoms with Crippen molar-refractivity contribution in [3.8, 4) is 0 Å². The van der Waals surface area contributed by atoms with Gasteiger partial charge >= 0.3 is 6.03 Å². The van der Waals surface area contributed by atoms with Gasteiger partial charge in [-0.2, -0.15) is 0 Å². The van der Waals surface area contributed by atoms with Gasteiger partial charge in [-0.05, 0) is 38.2 Å². The molecule has 3 aliphatic rings. The molecule has 4 heteroatoms.